The first-order chi connectivity index (χ1) is 8.37. The summed E-state index contributed by atoms with van der Waals surface area (Å²) in [6, 6.07) is 0.915. The summed E-state index contributed by atoms with van der Waals surface area (Å²) < 4.78 is 42.9. The molecule has 0 aliphatic heterocycles. The van der Waals surface area contributed by atoms with Gasteiger partial charge < -0.3 is 4.74 Å². The summed E-state index contributed by atoms with van der Waals surface area (Å²) in [5, 5.41) is -0.476. The topological polar surface area (TPSA) is 59.5 Å². The summed E-state index contributed by atoms with van der Waals surface area (Å²) in [5.41, 5.74) is 0. The van der Waals surface area contributed by atoms with Crippen molar-refractivity contribution in [1.82, 2.24) is 9.29 Å². The van der Waals surface area contributed by atoms with Crippen molar-refractivity contribution >= 4 is 21.6 Å². The first-order valence-corrected chi connectivity index (χ1v) is 6.95. The second-order valence-corrected chi connectivity index (χ2v) is 6.34. The average molecular weight is 297 g/mol. The molecular formula is C10H14ClFN2O3S. The Bertz CT molecular complexity index is 498. The van der Waals surface area contributed by atoms with Crippen LogP contribution in [0.1, 0.15) is 0 Å². The molecule has 102 valence electrons. The number of ether oxygens (including phenoxy) is 1. The Morgan fingerprint density at radius 2 is 2.22 bits per heavy atom. The number of hydrogen-bond acceptors (Lipinski definition) is 4. The van der Waals surface area contributed by atoms with Crippen LogP contribution in [0.4, 0.5) is 4.39 Å². The number of halogens is 2. The molecular weight excluding hydrogens is 283 g/mol. The molecule has 1 aromatic heterocycles. The Kier molecular flexibility index (Phi) is 5.46. The number of aromatic nitrogens is 1. The van der Waals surface area contributed by atoms with Gasteiger partial charge in [-0.15, -0.1) is 11.6 Å². The normalized spacial score (nSPS) is 13.8. The van der Waals surface area contributed by atoms with Gasteiger partial charge in [-0.2, -0.15) is 4.31 Å². The van der Waals surface area contributed by atoms with Gasteiger partial charge in [0, 0.05) is 26.9 Å². The minimum atomic E-state index is -3.78. The maximum atomic E-state index is 13.0. The molecule has 0 aromatic carbocycles. The highest BCUT2D eigenvalue weighted by Crippen LogP contribution is 2.15. The third-order valence-electron chi connectivity index (χ3n) is 2.19. The van der Waals surface area contributed by atoms with E-state index in [4.69, 9.17) is 16.3 Å². The van der Waals surface area contributed by atoms with Gasteiger partial charge in [-0.3, -0.25) is 4.98 Å². The van der Waals surface area contributed by atoms with Gasteiger partial charge in [0.15, 0.2) is 0 Å². The van der Waals surface area contributed by atoms with Crippen LogP contribution in [-0.2, 0) is 14.8 Å². The van der Waals surface area contributed by atoms with Crippen LogP contribution in [0.3, 0.4) is 0 Å². The Labute approximate surface area is 111 Å². The van der Waals surface area contributed by atoms with E-state index in [2.05, 4.69) is 4.98 Å². The van der Waals surface area contributed by atoms with E-state index in [1.54, 1.807) is 0 Å². The molecule has 1 atom stereocenters. The second kappa shape index (κ2) is 6.42. The highest BCUT2D eigenvalue weighted by molar-refractivity contribution is 7.89. The molecule has 0 saturated heterocycles. The zero-order valence-electron chi connectivity index (χ0n) is 10.0. The Morgan fingerprint density at radius 1 is 1.56 bits per heavy atom. The molecule has 1 aromatic rings. The van der Waals surface area contributed by atoms with E-state index in [9.17, 15) is 12.8 Å². The van der Waals surface area contributed by atoms with Crippen LogP contribution in [0.2, 0.25) is 0 Å². The van der Waals surface area contributed by atoms with Gasteiger partial charge in [-0.1, -0.05) is 0 Å². The molecule has 0 saturated carbocycles. The van der Waals surface area contributed by atoms with E-state index in [0.717, 1.165) is 22.8 Å². The van der Waals surface area contributed by atoms with E-state index < -0.39 is 21.2 Å². The zero-order valence-corrected chi connectivity index (χ0v) is 11.6. The van der Waals surface area contributed by atoms with Crippen molar-refractivity contribution in [3.63, 3.8) is 0 Å². The average Bonchev–Trinajstić information content (AvgIpc) is 2.29. The molecule has 1 heterocycles. The Morgan fingerprint density at radius 3 is 2.78 bits per heavy atom. The molecule has 0 aliphatic rings. The standard InChI is InChI=1S/C10H14ClFN2O3S/c1-14(6-8(11)7-17-2)18(15,16)10-3-9(12)4-13-5-10/h3-5,8H,6-7H2,1-2H3. The fourth-order valence-electron chi connectivity index (χ4n) is 1.32. The fourth-order valence-corrected chi connectivity index (χ4v) is 2.93. The third kappa shape index (κ3) is 3.88. The summed E-state index contributed by atoms with van der Waals surface area (Å²) in [6.07, 6.45) is 2.03. The van der Waals surface area contributed by atoms with Crippen LogP contribution < -0.4 is 0 Å². The maximum absolute atomic E-state index is 13.0. The summed E-state index contributed by atoms with van der Waals surface area (Å²) >= 11 is 5.88. The monoisotopic (exact) mass is 296 g/mol. The van der Waals surface area contributed by atoms with E-state index in [1.807, 2.05) is 0 Å². The summed E-state index contributed by atoms with van der Waals surface area (Å²) in [4.78, 5) is 3.31. The van der Waals surface area contributed by atoms with Gasteiger partial charge in [0.1, 0.15) is 10.7 Å². The lowest BCUT2D eigenvalue weighted by Gasteiger charge is -2.19. The van der Waals surface area contributed by atoms with Gasteiger partial charge >= 0.3 is 0 Å². The minimum absolute atomic E-state index is 0.0637. The highest BCUT2D eigenvalue weighted by Gasteiger charge is 2.23. The van der Waals surface area contributed by atoms with Crippen LogP contribution in [0.5, 0.6) is 0 Å². The highest BCUT2D eigenvalue weighted by atomic mass is 35.5. The molecule has 0 spiro atoms. The van der Waals surface area contributed by atoms with Crippen LogP contribution in [-0.4, -0.2) is 50.4 Å². The predicted molar refractivity (Wildman–Crippen MR) is 65.5 cm³/mol. The van der Waals surface area contributed by atoms with Crippen LogP contribution in [0.25, 0.3) is 0 Å². The summed E-state index contributed by atoms with van der Waals surface area (Å²) in [6.45, 7) is 0.289. The molecule has 0 bridgehead atoms. The number of rotatable bonds is 6. The van der Waals surface area contributed by atoms with Crippen molar-refractivity contribution in [2.75, 3.05) is 27.3 Å². The lowest BCUT2D eigenvalue weighted by Crippen LogP contribution is -2.34. The number of hydrogen-bond donors (Lipinski definition) is 0. The molecule has 0 radical (unpaired) electrons. The molecule has 0 N–H and O–H groups in total. The summed E-state index contributed by atoms with van der Waals surface area (Å²) in [7, 11) is -0.945. The molecule has 8 heteroatoms. The van der Waals surface area contributed by atoms with Crippen LogP contribution in [0, 0.1) is 5.82 Å². The molecule has 0 fully saturated rings. The third-order valence-corrected chi connectivity index (χ3v) is 4.24. The second-order valence-electron chi connectivity index (χ2n) is 3.68. The van der Waals surface area contributed by atoms with E-state index in [1.165, 1.54) is 14.2 Å². The molecule has 1 rings (SSSR count). The van der Waals surface area contributed by atoms with E-state index >= 15 is 0 Å². The predicted octanol–water partition coefficient (Wildman–Crippen LogP) is 1.09. The molecule has 0 amide bonds. The van der Waals surface area contributed by atoms with Crippen molar-refractivity contribution in [2.24, 2.45) is 0 Å². The quantitative estimate of drug-likeness (QED) is 0.738. The lowest BCUT2D eigenvalue weighted by molar-refractivity contribution is 0.192. The van der Waals surface area contributed by atoms with Gasteiger partial charge in [0.25, 0.3) is 0 Å². The van der Waals surface area contributed by atoms with Gasteiger partial charge in [-0.25, -0.2) is 12.8 Å². The van der Waals surface area contributed by atoms with Crippen LogP contribution >= 0.6 is 11.6 Å². The molecule has 0 aliphatic carbocycles. The number of pyridine rings is 1. The van der Waals surface area contributed by atoms with Gasteiger partial charge in [0.05, 0.1) is 18.2 Å². The van der Waals surface area contributed by atoms with Crippen molar-refractivity contribution in [2.45, 2.75) is 10.3 Å². The first kappa shape index (κ1) is 15.3. The Hall–Kier alpha value is -0.760. The maximum Gasteiger partial charge on any atom is 0.244 e. The van der Waals surface area contributed by atoms with Crippen molar-refractivity contribution in [3.8, 4) is 0 Å². The van der Waals surface area contributed by atoms with Gasteiger partial charge in [-0.05, 0) is 6.07 Å². The van der Waals surface area contributed by atoms with Crippen molar-refractivity contribution in [1.29, 1.82) is 0 Å². The smallest absolute Gasteiger partial charge is 0.244 e. The van der Waals surface area contributed by atoms with Gasteiger partial charge in [0.2, 0.25) is 10.0 Å². The molecule has 5 nitrogen and oxygen atoms in total. The first-order valence-electron chi connectivity index (χ1n) is 5.08. The SMILES string of the molecule is COCC(Cl)CN(C)S(=O)(=O)c1cncc(F)c1. The number of alkyl halides is 1. The minimum Gasteiger partial charge on any atom is -0.383 e. The van der Waals surface area contributed by atoms with Crippen molar-refractivity contribution < 1.29 is 17.5 Å². The molecule has 18 heavy (non-hydrogen) atoms. The van der Waals surface area contributed by atoms with Crippen LogP contribution in [0.15, 0.2) is 23.4 Å². The number of methoxy groups -OCH3 is 1. The molecule has 1 unspecified atom stereocenters. The number of nitrogens with zero attached hydrogens (tertiary/aromatic N) is 2. The largest absolute Gasteiger partial charge is 0.383 e. The lowest BCUT2D eigenvalue weighted by atomic mass is 10.4. The zero-order chi connectivity index (χ0) is 13.8. The Balaban J connectivity index is 2.86. The van der Waals surface area contributed by atoms with E-state index in [0.29, 0.717) is 0 Å². The fraction of sp³-hybridized carbons (Fsp3) is 0.500. The summed E-state index contributed by atoms with van der Waals surface area (Å²) in [5.74, 6) is -0.705. The van der Waals surface area contributed by atoms with Crippen molar-refractivity contribution in [3.05, 3.63) is 24.3 Å². The number of sulfonamides is 1. The van der Waals surface area contributed by atoms with E-state index in [-0.39, 0.29) is 18.0 Å².